The van der Waals surface area contributed by atoms with E-state index in [1.807, 2.05) is 46.7 Å². The van der Waals surface area contributed by atoms with Gasteiger partial charge in [-0.05, 0) is 39.0 Å². The van der Waals surface area contributed by atoms with Crippen molar-refractivity contribution in [1.82, 2.24) is 33.9 Å². The van der Waals surface area contributed by atoms with Gasteiger partial charge in [-0.15, -0.1) is 0 Å². The third-order valence-corrected chi connectivity index (χ3v) is 4.21. The van der Waals surface area contributed by atoms with Gasteiger partial charge in [0.05, 0.1) is 18.3 Å². The first-order valence-electron chi connectivity index (χ1n) is 7.96. The Morgan fingerprint density at radius 2 is 2.04 bits per heavy atom. The lowest BCUT2D eigenvalue weighted by atomic mass is 10.2. The first kappa shape index (κ1) is 14.6. The predicted octanol–water partition coefficient (Wildman–Crippen LogP) is 2.67. The standard InChI is InChI=1S/C17H19N7/c1-12-9-13(2)23(21-12)10-14(3)22-8-7-18-17(22)15-5-4-6-16-19-11-20-24(15)16/h4-9,11,14H,10H2,1-3H3. The molecule has 1 unspecified atom stereocenters. The highest BCUT2D eigenvalue weighted by Gasteiger charge is 2.16. The van der Waals surface area contributed by atoms with Crippen molar-refractivity contribution in [2.45, 2.75) is 33.4 Å². The molecule has 122 valence electrons. The van der Waals surface area contributed by atoms with Crippen molar-refractivity contribution >= 4 is 5.65 Å². The molecule has 0 saturated heterocycles. The average Bonchev–Trinajstić information content (AvgIpc) is 3.27. The minimum Gasteiger partial charge on any atom is -0.325 e. The van der Waals surface area contributed by atoms with Crippen LogP contribution in [0.2, 0.25) is 0 Å². The van der Waals surface area contributed by atoms with Crippen LogP contribution in [0.3, 0.4) is 0 Å². The van der Waals surface area contributed by atoms with Crippen molar-refractivity contribution in [2.24, 2.45) is 0 Å². The van der Waals surface area contributed by atoms with Gasteiger partial charge >= 0.3 is 0 Å². The lowest BCUT2D eigenvalue weighted by molar-refractivity contribution is 0.432. The summed E-state index contributed by atoms with van der Waals surface area (Å²) in [5.41, 5.74) is 3.95. The van der Waals surface area contributed by atoms with Gasteiger partial charge in [-0.25, -0.2) is 14.5 Å². The van der Waals surface area contributed by atoms with Crippen LogP contribution in [0.15, 0.2) is 43.0 Å². The molecular formula is C17H19N7. The van der Waals surface area contributed by atoms with Crippen molar-refractivity contribution in [2.75, 3.05) is 0 Å². The molecule has 4 heterocycles. The summed E-state index contributed by atoms with van der Waals surface area (Å²) in [5.74, 6) is 0.875. The van der Waals surface area contributed by atoms with Gasteiger partial charge < -0.3 is 4.57 Å². The SMILES string of the molecule is Cc1cc(C)n(CC(C)n2ccnc2-c2cccc3ncnn23)n1. The van der Waals surface area contributed by atoms with Gasteiger partial charge in [0.2, 0.25) is 0 Å². The first-order chi connectivity index (χ1) is 11.6. The Hall–Kier alpha value is -2.96. The normalized spacial score (nSPS) is 12.8. The zero-order valence-electron chi connectivity index (χ0n) is 14.0. The van der Waals surface area contributed by atoms with Crippen LogP contribution in [0, 0.1) is 13.8 Å². The Kier molecular flexibility index (Phi) is 3.41. The summed E-state index contributed by atoms with van der Waals surface area (Å²) >= 11 is 0. The van der Waals surface area contributed by atoms with Gasteiger partial charge in [0.15, 0.2) is 11.5 Å². The van der Waals surface area contributed by atoms with Gasteiger partial charge in [0.25, 0.3) is 0 Å². The first-order valence-corrected chi connectivity index (χ1v) is 7.96. The molecule has 4 aromatic heterocycles. The van der Waals surface area contributed by atoms with Crippen molar-refractivity contribution in [3.05, 3.63) is 54.4 Å². The van der Waals surface area contributed by atoms with Crippen molar-refractivity contribution in [3.63, 3.8) is 0 Å². The van der Waals surface area contributed by atoms with E-state index in [4.69, 9.17) is 0 Å². The molecule has 0 aliphatic carbocycles. The van der Waals surface area contributed by atoms with E-state index in [0.717, 1.165) is 29.4 Å². The Bertz CT molecular complexity index is 991. The number of aromatic nitrogens is 7. The minimum atomic E-state index is 0.208. The molecule has 0 bridgehead atoms. The molecule has 0 spiro atoms. The number of pyridine rings is 1. The average molecular weight is 321 g/mol. The van der Waals surface area contributed by atoms with Crippen LogP contribution in [0.25, 0.3) is 17.2 Å². The molecule has 7 heteroatoms. The van der Waals surface area contributed by atoms with Gasteiger partial charge in [-0.3, -0.25) is 4.68 Å². The van der Waals surface area contributed by atoms with E-state index in [1.165, 1.54) is 5.69 Å². The second kappa shape index (κ2) is 5.59. The summed E-state index contributed by atoms with van der Waals surface area (Å²) in [5, 5.41) is 8.87. The Labute approximate surface area is 139 Å². The van der Waals surface area contributed by atoms with Crippen molar-refractivity contribution in [1.29, 1.82) is 0 Å². The quantitative estimate of drug-likeness (QED) is 0.579. The smallest absolute Gasteiger partial charge is 0.159 e. The summed E-state index contributed by atoms with van der Waals surface area (Å²) in [7, 11) is 0. The second-order valence-electron chi connectivity index (χ2n) is 6.06. The van der Waals surface area contributed by atoms with E-state index < -0.39 is 0 Å². The van der Waals surface area contributed by atoms with Gasteiger partial charge in [-0.1, -0.05) is 6.07 Å². The molecule has 0 aliphatic rings. The van der Waals surface area contributed by atoms with Crippen LogP contribution in [-0.4, -0.2) is 33.9 Å². The molecule has 0 saturated carbocycles. The van der Waals surface area contributed by atoms with E-state index >= 15 is 0 Å². The Morgan fingerprint density at radius 3 is 2.83 bits per heavy atom. The van der Waals surface area contributed by atoms with E-state index in [0.29, 0.717) is 0 Å². The van der Waals surface area contributed by atoms with Crippen LogP contribution in [0.1, 0.15) is 24.4 Å². The number of imidazole rings is 1. The molecule has 4 aromatic rings. The van der Waals surface area contributed by atoms with Crippen molar-refractivity contribution in [3.8, 4) is 11.5 Å². The summed E-state index contributed by atoms with van der Waals surface area (Å²) < 4.78 is 6.02. The highest BCUT2D eigenvalue weighted by molar-refractivity contribution is 5.56. The molecule has 0 aliphatic heterocycles. The maximum atomic E-state index is 4.56. The predicted molar refractivity (Wildman–Crippen MR) is 90.6 cm³/mol. The van der Waals surface area contributed by atoms with Crippen LogP contribution >= 0.6 is 0 Å². The highest BCUT2D eigenvalue weighted by Crippen LogP contribution is 2.22. The fourth-order valence-corrected chi connectivity index (χ4v) is 3.08. The fourth-order valence-electron chi connectivity index (χ4n) is 3.08. The van der Waals surface area contributed by atoms with Gasteiger partial charge in [0, 0.05) is 18.1 Å². The van der Waals surface area contributed by atoms with Crippen LogP contribution in [-0.2, 0) is 6.54 Å². The minimum absolute atomic E-state index is 0.208. The molecule has 7 nitrogen and oxygen atoms in total. The molecule has 0 radical (unpaired) electrons. The molecule has 0 fully saturated rings. The van der Waals surface area contributed by atoms with Gasteiger partial charge in [0.1, 0.15) is 12.0 Å². The Morgan fingerprint density at radius 1 is 1.17 bits per heavy atom. The van der Waals surface area contributed by atoms with Crippen LogP contribution in [0.5, 0.6) is 0 Å². The number of hydrogen-bond donors (Lipinski definition) is 0. The lowest BCUT2D eigenvalue weighted by Gasteiger charge is -2.17. The molecule has 1 atom stereocenters. The summed E-state index contributed by atoms with van der Waals surface area (Å²) in [4.78, 5) is 8.80. The summed E-state index contributed by atoms with van der Waals surface area (Å²) in [6.07, 6.45) is 5.38. The summed E-state index contributed by atoms with van der Waals surface area (Å²) in [6, 6.07) is 8.22. The summed E-state index contributed by atoms with van der Waals surface area (Å²) in [6.45, 7) is 7.05. The molecule has 0 N–H and O–H groups in total. The van der Waals surface area contributed by atoms with E-state index in [2.05, 4.69) is 44.6 Å². The third-order valence-electron chi connectivity index (χ3n) is 4.21. The number of hydrogen-bond acceptors (Lipinski definition) is 4. The number of rotatable bonds is 4. The van der Waals surface area contributed by atoms with Crippen LogP contribution in [0.4, 0.5) is 0 Å². The van der Waals surface area contributed by atoms with E-state index in [-0.39, 0.29) is 6.04 Å². The maximum absolute atomic E-state index is 4.56. The molecular weight excluding hydrogens is 302 g/mol. The van der Waals surface area contributed by atoms with E-state index in [1.54, 1.807) is 6.33 Å². The van der Waals surface area contributed by atoms with Crippen LogP contribution < -0.4 is 0 Å². The Balaban J connectivity index is 1.72. The maximum Gasteiger partial charge on any atom is 0.159 e. The third kappa shape index (κ3) is 2.38. The largest absolute Gasteiger partial charge is 0.325 e. The fraction of sp³-hybridized carbons (Fsp3) is 0.294. The molecule has 24 heavy (non-hydrogen) atoms. The monoisotopic (exact) mass is 321 g/mol. The van der Waals surface area contributed by atoms with Gasteiger partial charge in [-0.2, -0.15) is 10.2 Å². The zero-order chi connectivity index (χ0) is 16.7. The number of nitrogens with zero attached hydrogens (tertiary/aromatic N) is 7. The molecule has 4 rings (SSSR count). The topological polar surface area (TPSA) is 65.8 Å². The number of fused-ring (bicyclic) bond motifs is 1. The zero-order valence-corrected chi connectivity index (χ0v) is 14.0. The molecule has 0 amide bonds. The lowest BCUT2D eigenvalue weighted by Crippen LogP contribution is -2.16. The second-order valence-corrected chi connectivity index (χ2v) is 6.06. The van der Waals surface area contributed by atoms with Crippen molar-refractivity contribution < 1.29 is 0 Å². The number of aryl methyl sites for hydroxylation is 2. The molecule has 0 aromatic carbocycles. The highest BCUT2D eigenvalue weighted by atomic mass is 15.3. The van der Waals surface area contributed by atoms with E-state index in [9.17, 15) is 0 Å².